The fraction of sp³-hybridized carbons (Fsp3) is 0.243. The summed E-state index contributed by atoms with van der Waals surface area (Å²) in [6.07, 6.45) is 4.84. The standard InChI is InChI=1S/C36H32O8.CHNS/c1-3-5-9-21-13-16-26(33(38)39)32(24(21)10-6-4-2)35(41)42-23-15-18-29-31(20-23)43-30-19-22(37)14-17-28(30)36(29)27-12-8-7-11-25(27)34(40)44-36;2-1-3/h7-8,11-20,37H,3-6,9-10H2,1-2H3,(H,38,39);2H. The molecule has 1 atom stereocenters. The number of hydrogen-bond donors (Lipinski definition) is 3. The molecule has 0 bridgehead atoms. The van der Waals surface area contributed by atoms with E-state index >= 15 is 0 Å². The first-order valence-corrected chi connectivity index (χ1v) is 15.7. The van der Waals surface area contributed by atoms with E-state index in [1.165, 1.54) is 24.3 Å². The molecule has 0 fully saturated rings. The average Bonchev–Trinajstić information content (AvgIpc) is 3.34. The topological polar surface area (TPSA) is 143 Å². The van der Waals surface area contributed by atoms with E-state index in [1.54, 1.807) is 41.6 Å². The maximum Gasteiger partial charge on any atom is 0.344 e. The van der Waals surface area contributed by atoms with E-state index in [0.29, 0.717) is 34.2 Å². The molecule has 0 saturated heterocycles. The van der Waals surface area contributed by atoms with Crippen LogP contribution in [0, 0.1) is 5.41 Å². The molecule has 6 rings (SSSR count). The highest BCUT2D eigenvalue weighted by atomic mass is 32.1. The van der Waals surface area contributed by atoms with Crippen molar-refractivity contribution in [2.45, 2.75) is 58.0 Å². The fourth-order valence-corrected chi connectivity index (χ4v) is 6.21. The van der Waals surface area contributed by atoms with E-state index in [1.807, 2.05) is 19.1 Å². The lowest BCUT2D eigenvalue weighted by Gasteiger charge is -2.36. The molecule has 10 heteroatoms. The number of hydrogen-bond acceptors (Lipinski definition) is 9. The van der Waals surface area contributed by atoms with Gasteiger partial charge in [0, 0.05) is 28.8 Å². The Hall–Kier alpha value is -5.31. The predicted molar refractivity (Wildman–Crippen MR) is 177 cm³/mol. The number of isothiocyanates is 1. The number of carboxylic acid groups (broad SMARTS) is 1. The van der Waals surface area contributed by atoms with E-state index in [-0.39, 0.29) is 34.1 Å². The first-order valence-electron chi connectivity index (χ1n) is 15.3. The summed E-state index contributed by atoms with van der Waals surface area (Å²) in [6.45, 7) is 4.13. The SMILES string of the molecule is CCCCc1ccc(C(=O)O)c(C(=O)Oc2ccc3c(c2)Oc2cc(O)ccc2C32OC(=O)c3ccccc32)c1CCCC.N=C=S. The summed E-state index contributed by atoms with van der Waals surface area (Å²) in [5, 5.41) is 27.6. The van der Waals surface area contributed by atoms with Crippen LogP contribution in [-0.2, 0) is 23.2 Å². The minimum absolute atomic E-state index is 0.0358. The van der Waals surface area contributed by atoms with Gasteiger partial charge in [0.1, 0.15) is 23.0 Å². The van der Waals surface area contributed by atoms with Crippen molar-refractivity contribution in [3.05, 3.63) is 117 Å². The Bertz CT molecular complexity index is 1910. The van der Waals surface area contributed by atoms with Gasteiger partial charge in [-0.05, 0) is 85.4 Å². The van der Waals surface area contributed by atoms with Gasteiger partial charge >= 0.3 is 17.9 Å². The number of carbonyl (C=O) groups is 3. The van der Waals surface area contributed by atoms with E-state index < -0.39 is 23.5 Å². The summed E-state index contributed by atoms with van der Waals surface area (Å²) in [4.78, 5) is 39.1. The summed E-state index contributed by atoms with van der Waals surface area (Å²) in [7, 11) is 0. The molecule has 0 aliphatic carbocycles. The molecule has 2 aliphatic heterocycles. The third-order valence-corrected chi connectivity index (χ3v) is 8.30. The normalized spacial score (nSPS) is 15.1. The van der Waals surface area contributed by atoms with Gasteiger partial charge in [0.05, 0.1) is 21.9 Å². The van der Waals surface area contributed by atoms with E-state index in [4.69, 9.17) is 19.6 Å². The minimum atomic E-state index is -1.34. The molecule has 3 N–H and O–H groups in total. The van der Waals surface area contributed by atoms with Crippen LogP contribution in [-0.4, -0.2) is 33.3 Å². The van der Waals surface area contributed by atoms with Crippen molar-refractivity contribution in [2.24, 2.45) is 0 Å². The lowest BCUT2D eigenvalue weighted by atomic mass is 9.77. The van der Waals surface area contributed by atoms with Crippen LogP contribution in [0.1, 0.15) is 98.4 Å². The molecule has 0 amide bonds. The molecular weight excluding hydrogens is 618 g/mol. The number of phenolic OH excluding ortho intramolecular Hbond substituents is 1. The number of rotatable bonds is 9. The number of ether oxygens (including phenoxy) is 3. The Morgan fingerprint density at radius 3 is 2.28 bits per heavy atom. The molecule has 4 aromatic carbocycles. The number of unbranched alkanes of at least 4 members (excludes halogenated alkanes) is 2. The number of phenols is 1. The zero-order valence-electron chi connectivity index (χ0n) is 25.9. The number of carbonyl (C=O) groups excluding carboxylic acids is 2. The van der Waals surface area contributed by atoms with Crippen molar-refractivity contribution in [2.75, 3.05) is 0 Å². The molecule has 240 valence electrons. The van der Waals surface area contributed by atoms with Crippen molar-refractivity contribution in [1.82, 2.24) is 0 Å². The Morgan fingerprint density at radius 1 is 0.915 bits per heavy atom. The second kappa shape index (κ2) is 14.0. The number of fused-ring (bicyclic) bond motifs is 6. The van der Waals surface area contributed by atoms with Gasteiger partial charge in [-0.3, -0.25) is 0 Å². The first kappa shape index (κ1) is 33.1. The van der Waals surface area contributed by atoms with Crippen LogP contribution < -0.4 is 9.47 Å². The van der Waals surface area contributed by atoms with Crippen molar-refractivity contribution in [1.29, 1.82) is 5.41 Å². The van der Waals surface area contributed by atoms with E-state index in [0.717, 1.165) is 37.7 Å². The first-order chi connectivity index (χ1) is 22.7. The second-order valence-corrected chi connectivity index (χ2v) is 11.4. The third-order valence-electron chi connectivity index (χ3n) is 8.30. The Morgan fingerprint density at radius 2 is 1.57 bits per heavy atom. The molecule has 0 saturated carbocycles. The summed E-state index contributed by atoms with van der Waals surface area (Å²) in [5.74, 6) is -1.83. The average molecular weight is 652 g/mol. The van der Waals surface area contributed by atoms with Crippen LogP contribution in [0.25, 0.3) is 0 Å². The number of carboxylic acids is 1. The summed E-state index contributed by atoms with van der Waals surface area (Å²) in [5.41, 5.74) is 2.37. The van der Waals surface area contributed by atoms with Crippen LogP contribution in [0.3, 0.4) is 0 Å². The summed E-state index contributed by atoms with van der Waals surface area (Å²) >= 11 is 3.81. The lowest BCUT2D eigenvalue weighted by Crippen LogP contribution is -2.33. The summed E-state index contributed by atoms with van der Waals surface area (Å²) < 4.78 is 18.2. The molecule has 1 unspecified atom stereocenters. The molecule has 0 radical (unpaired) electrons. The number of thiocarbonyl (C=S) groups is 1. The van der Waals surface area contributed by atoms with Crippen LogP contribution >= 0.6 is 12.2 Å². The summed E-state index contributed by atoms with van der Waals surface area (Å²) in [6, 6.07) is 19.8. The molecule has 9 nitrogen and oxygen atoms in total. The highest BCUT2D eigenvalue weighted by Crippen LogP contribution is 2.57. The fourth-order valence-electron chi connectivity index (χ4n) is 6.21. The van der Waals surface area contributed by atoms with Gasteiger partial charge in [-0.25, -0.2) is 19.8 Å². The maximum absolute atomic E-state index is 13.8. The van der Waals surface area contributed by atoms with Crippen LogP contribution in [0.4, 0.5) is 0 Å². The number of aryl methyl sites for hydroxylation is 1. The largest absolute Gasteiger partial charge is 0.508 e. The number of aromatic carboxylic acids is 1. The molecule has 4 aromatic rings. The zero-order chi connectivity index (χ0) is 33.7. The van der Waals surface area contributed by atoms with Gasteiger partial charge in [-0.1, -0.05) is 51.0 Å². The molecule has 2 aliphatic rings. The molecular formula is C37H33NO8S. The molecule has 0 aromatic heterocycles. The number of aromatic hydroxyl groups is 1. The number of nitrogens with one attached hydrogen (secondary N) is 1. The lowest BCUT2D eigenvalue weighted by molar-refractivity contribution is 0.0224. The van der Waals surface area contributed by atoms with Crippen LogP contribution in [0.5, 0.6) is 23.0 Å². The van der Waals surface area contributed by atoms with Crippen LogP contribution in [0.15, 0.2) is 72.8 Å². The van der Waals surface area contributed by atoms with Gasteiger partial charge in [-0.15, -0.1) is 0 Å². The van der Waals surface area contributed by atoms with Gasteiger partial charge in [0.25, 0.3) is 0 Å². The van der Waals surface area contributed by atoms with Gasteiger partial charge in [0.2, 0.25) is 0 Å². The van der Waals surface area contributed by atoms with Gasteiger partial charge in [0.15, 0.2) is 5.60 Å². The smallest absolute Gasteiger partial charge is 0.344 e. The minimum Gasteiger partial charge on any atom is -0.508 e. The predicted octanol–water partition coefficient (Wildman–Crippen LogP) is 8.23. The quantitative estimate of drug-likeness (QED) is 0.0706. The molecule has 2 heterocycles. The monoisotopic (exact) mass is 651 g/mol. The Balaban J connectivity index is 0.00000139. The Labute approximate surface area is 277 Å². The number of benzene rings is 4. The van der Waals surface area contributed by atoms with Crippen molar-refractivity contribution < 1.29 is 38.8 Å². The van der Waals surface area contributed by atoms with Gasteiger partial charge in [-0.2, -0.15) is 0 Å². The van der Waals surface area contributed by atoms with E-state index in [2.05, 4.69) is 19.1 Å². The van der Waals surface area contributed by atoms with Crippen molar-refractivity contribution in [3.63, 3.8) is 0 Å². The van der Waals surface area contributed by atoms with Crippen LogP contribution in [0.2, 0.25) is 0 Å². The maximum atomic E-state index is 13.8. The highest BCUT2D eigenvalue weighted by molar-refractivity contribution is 7.78. The molecule has 47 heavy (non-hydrogen) atoms. The third kappa shape index (κ3) is 6.13. The second-order valence-electron chi connectivity index (χ2n) is 11.2. The zero-order valence-corrected chi connectivity index (χ0v) is 26.7. The van der Waals surface area contributed by atoms with Crippen molar-refractivity contribution in [3.8, 4) is 23.0 Å². The number of esters is 2. The van der Waals surface area contributed by atoms with E-state index in [9.17, 15) is 24.6 Å². The van der Waals surface area contributed by atoms with Gasteiger partial charge < -0.3 is 24.4 Å². The highest BCUT2D eigenvalue weighted by Gasteiger charge is 2.53. The Kier molecular flexibility index (Phi) is 9.84. The molecule has 1 spiro atoms. The van der Waals surface area contributed by atoms with Crippen molar-refractivity contribution >= 4 is 35.3 Å².